The molecule has 0 spiro atoms. The normalized spacial score (nSPS) is 11.2. The summed E-state index contributed by atoms with van der Waals surface area (Å²) in [5, 5.41) is 0. The maximum absolute atomic E-state index is 5.96. The minimum absolute atomic E-state index is 0.561. The van der Waals surface area contributed by atoms with E-state index in [1.807, 2.05) is 6.07 Å². The number of fused-ring (bicyclic) bond motifs is 1. The Bertz CT molecular complexity index is 808. The van der Waals surface area contributed by atoms with Gasteiger partial charge in [0, 0.05) is 16.8 Å². The number of halogens is 2. The lowest BCUT2D eigenvalue weighted by Crippen LogP contribution is -2.04. The van der Waals surface area contributed by atoms with E-state index in [9.17, 15) is 0 Å². The van der Waals surface area contributed by atoms with Crippen LogP contribution in [0.25, 0.3) is 16.7 Å². The Balaban J connectivity index is 2.35. The fourth-order valence-corrected chi connectivity index (χ4v) is 3.49. The first-order chi connectivity index (χ1) is 10.1. The summed E-state index contributed by atoms with van der Waals surface area (Å²) >= 11 is 9.65. The molecule has 1 heterocycles. The largest absolute Gasteiger partial charge is 0.295 e. The van der Waals surface area contributed by atoms with Crippen LogP contribution < -0.4 is 0 Å². The first kappa shape index (κ1) is 14.6. The summed E-state index contributed by atoms with van der Waals surface area (Å²) in [4.78, 5) is 4.76. The van der Waals surface area contributed by atoms with Gasteiger partial charge < -0.3 is 0 Å². The third-order valence-corrected chi connectivity index (χ3v) is 4.43. The number of alkyl halides is 1. The van der Waals surface area contributed by atoms with Gasteiger partial charge in [-0.1, -0.05) is 18.2 Å². The molecule has 2 nitrogen and oxygen atoms in total. The van der Waals surface area contributed by atoms with Crippen LogP contribution in [0.15, 0.2) is 40.9 Å². The Hall–Kier alpha value is -1.32. The highest BCUT2D eigenvalue weighted by Crippen LogP contribution is 2.30. The SMILES string of the molecule is Cc1ccc(-n2c(CCCl)nc3cccc(C)c32)c(Br)c1. The highest BCUT2D eigenvalue weighted by atomic mass is 79.9. The van der Waals surface area contributed by atoms with E-state index in [0.717, 1.165) is 33.4 Å². The Labute approximate surface area is 137 Å². The van der Waals surface area contributed by atoms with E-state index in [1.165, 1.54) is 11.1 Å². The average Bonchev–Trinajstić information content (AvgIpc) is 2.79. The van der Waals surface area contributed by atoms with Crippen molar-refractivity contribution in [2.24, 2.45) is 0 Å². The molecule has 0 radical (unpaired) electrons. The third kappa shape index (κ3) is 2.60. The molecule has 0 atom stereocenters. The molecule has 0 saturated carbocycles. The van der Waals surface area contributed by atoms with Gasteiger partial charge in [-0.3, -0.25) is 4.57 Å². The van der Waals surface area contributed by atoms with Crippen molar-refractivity contribution in [3.63, 3.8) is 0 Å². The van der Waals surface area contributed by atoms with E-state index in [0.29, 0.717) is 5.88 Å². The van der Waals surface area contributed by atoms with Crippen molar-refractivity contribution >= 4 is 38.6 Å². The molecule has 0 saturated heterocycles. The fourth-order valence-electron chi connectivity index (χ4n) is 2.65. The lowest BCUT2D eigenvalue weighted by atomic mass is 10.2. The van der Waals surface area contributed by atoms with Gasteiger partial charge in [-0.05, 0) is 59.1 Å². The summed E-state index contributed by atoms with van der Waals surface area (Å²) < 4.78 is 3.29. The topological polar surface area (TPSA) is 17.8 Å². The molecule has 0 bridgehead atoms. The Morgan fingerprint density at radius 2 is 2.00 bits per heavy atom. The fraction of sp³-hybridized carbons (Fsp3) is 0.235. The molecule has 2 aromatic carbocycles. The Morgan fingerprint density at radius 3 is 2.71 bits per heavy atom. The second-order valence-electron chi connectivity index (χ2n) is 5.20. The highest BCUT2D eigenvalue weighted by molar-refractivity contribution is 9.10. The molecular formula is C17H16BrClN2. The monoisotopic (exact) mass is 362 g/mol. The smallest absolute Gasteiger partial charge is 0.115 e. The molecule has 0 amide bonds. The van der Waals surface area contributed by atoms with Gasteiger partial charge in [0.15, 0.2) is 0 Å². The van der Waals surface area contributed by atoms with E-state index in [-0.39, 0.29) is 0 Å². The summed E-state index contributed by atoms with van der Waals surface area (Å²) in [6.07, 6.45) is 0.746. The van der Waals surface area contributed by atoms with Gasteiger partial charge in [0.1, 0.15) is 5.82 Å². The van der Waals surface area contributed by atoms with Crippen LogP contribution in [0.5, 0.6) is 0 Å². The van der Waals surface area contributed by atoms with Crippen LogP contribution in [-0.4, -0.2) is 15.4 Å². The zero-order valence-electron chi connectivity index (χ0n) is 12.0. The summed E-state index contributed by atoms with van der Waals surface area (Å²) in [5.74, 6) is 1.56. The zero-order chi connectivity index (χ0) is 15.0. The second kappa shape index (κ2) is 5.82. The minimum Gasteiger partial charge on any atom is -0.295 e. The second-order valence-corrected chi connectivity index (χ2v) is 6.43. The van der Waals surface area contributed by atoms with Gasteiger partial charge in [0.25, 0.3) is 0 Å². The number of imidazole rings is 1. The molecule has 3 aromatic rings. The number of aromatic nitrogens is 2. The maximum atomic E-state index is 5.96. The number of para-hydroxylation sites is 1. The molecular weight excluding hydrogens is 348 g/mol. The summed E-state index contributed by atoms with van der Waals surface area (Å²) in [5.41, 5.74) is 5.72. The van der Waals surface area contributed by atoms with Crippen LogP contribution >= 0.6 is 27.5 Å². The van der Waals surface area contributed by atoms with E-state index < -0.39 is 0 Å². The van der Waals surface area contributed by atoms with Crippen LogP contribution in [0, 0.1) is 13.8 Å². The first-order valence-electron chi connectivity index (χ1n) is 6.91. The standard InChI is InChI=1S/C17H16BrClN2/c1-11-6-7-15(13(18)10-11)21-16(8-9-19)20-14-5-3-4-12(2)17(14)21/h3-7,10H,8-9H2,1-2H3. The zero-order valence-corrected chi connectivity index (χ0v) is 14.4. The van der Waals surface area contributed by atoms with Gasteiger partial charge >= 0.3 is 0 Å². The van der Waals surface area contributed by atoms with Crippen molar-refractivity contribution in [3.8, 4) is 5.69 Å². The first-order valence-corrected chi connectivity index (χ1v) is 8.24. The minimum atomic E-state index is 0.561. The predicted octanol–water partition coefficient (Wildman–Crippen LogP) is 5.19. The van der Waals surface area contributed by atoms with Crippen LogP contribution in [0.2, 0.25) is 0 Å². The van der Waals surface area contributed by atoms with E-state index >= 15 is 0 Å². The van der Waals surface area contributed by atoms with E-state index in [2.05, 4.69) is 64.7 Å². The lowest BCUT2D eigenvalue weighted by Gasteiger charge is -2.12. The number of aryl methyl sites for hydroxylation is 3. The molecule has 21 heavy (non-hydrogen) atoms. The van der Waals surface area contributed by atoms with E-state index in [4.69, 9.17) is 16.6 Å². The van der Waals surface area contributed by atoms with Crippen LogP contribution in [-0.2, 0) is 6.42 Å². The molecule has 3 rings (SSSR count). The van der Waals surface area contributed by atoms with Crippen molar-refractivity contribution in [3.05, 3.63) is 57.8 Å². The molecule has 0 fully saturated rings. The maximum Gasteiger partial charge on any atom is 0.115 e. The Morgan fingerprint density at radius 1 is 1.19 bits per heavy atom. The molecule has 4 heteroatoms. The van der Waals surface area contributed by atoms with Gasteiger partial charge in [-0.15, -0.1) is 11.6 Å². The van der Waals surface area contributed by atoms with Gasteiger partial charge in [0.05, 0.1) is 16.7 Å². The van der Waals surface area contributed by atoms with Crippen LogP contribution in [0.4, 0.5) is 0 Å². The number of nitrogens with zero attached hydrogens (tertiary/aromatic N) is 2. The quantitative estimate of drug-likeness (QED) is 0.586. The van der Waals surface area contributed by atoms with Crippen molar-refractivity contribution in [2.45, 2.75) is 20.3 Å². The highest BCUT2D eigenvalue weighted by Gasteiger charge is 2.15. The number of rotatable bonds is 3. The van der Waals surface area contributed by atoms with Crippen molar-refractivity contribution < 1.29 is 0 Å². The van der Waals surface area contributed by atoms with Crippen molar-refractivity contribution in [1.82, 2.24) is 9.55 Å². The number of benzene rings is 2. The summed E-state index contributed by atoms with van der Waals surface area (Å²) in [6.45, 7) is 4.21. The van der Waals surface area contributed by atoms with E-state index in [1.54, 1.807) is 0 Å². The van der Waals surface area contributed by atoms with Crippen LogP contribution in [0.3, 0.4) is 0 Å². The summed E-state index contributed by atoms with van der Waals surface area (Å²) in [7, 11) is 0. The van der Waals surface area contributed by atoms with Crippen LogP contribution in [0.1, 0.15) is 17.0 Å². The molecule has 0 N–H and O–H groups in total. The predicted molar refractivity (Wildman–Crippen MR) is 92.7 cm³/mol. The van der Waals surface area contributed by atoms with Gasteiger partial charge in [0.2, 0.25) is 0 Å². The molecule has 0 unspecified atom stereocenters. The third-order valence-electron chi connectivity index (χ3n) is 3.61. The van der Waals surface area contributed by atoms with Crippen molar-refractivity contribution in [2.75, 3.05) is 5.88 Å². The molecule has 108 valence electrons. The summed E-state index contributed by atoms with van der Waals surface area (Å²) in [6, 6.07) is 12.6. The number of hydrogen-bond acceptors (Lipinski definition) is 1. The number of hydrogen-bond donors (Lipinski definition) is 0. The van der Waals surface area contributed by atoms with Gasteiger partial charge in [-0.25, -0.2) is 4.98 Å². The van der Waals surface area contributed by atoms with Gasteiger partial charge in [-0.2, -0.15) is 0 Å². The van der Waals surface area contributed by atoms with Crippen molar-refractivity contribution in [1.29, 1.82) is 0 Å². The molecule has 0 aliphatic carbocycles. The molecule has 1 aromatic heterocycles. The molecule has 0 aliphatic rings. The molecule has 0 aliphatic heterocycles. The average molecular weight is 364 g/mol. The lowest BCUT2D eigenvalue weighted by molar-refractivity contribution is 0.907. The Kier molecular flexibility index (Phi) is 4.05.